The lowest BCUT2D eigenvalue weighted by molar-refractivity contribution is -0.140. The Kier molecular flexibility index (Phi) is 6.24. The number of hydrogen-bond donors (Lipinski definition) is 0. The highest BCUT2D eigenvalue weighted by atomic mass is 32.2. The molecule has 2 aliphatic rings. The van der Waals surface area contributed by atoms with Crippen molar-refractivity contribution in [3.05, 3.63) is 54.1 Å². The molecule has 4 rings (SSSR count). The Morgan fingerprint density at radius 3 is 2.19 bits per heavy atom. The molecular weight excluding hydrogens is 428 g/mol. The van der Waals surface area contributed by atoms with Gasteiger partial charge in [-0.3, -0.25) is 18.8 Å². The lowest BCUT2D eigenvalue weighted by Crippen LogP contribution is -2.32. The normalized spacial score (nSPS) is 20.9. The van der Waals surface area contributed by atoms with Gasteiger partial charge in [-0.15, -0.1) is 0 Å². The van der Waals surface area contributed by atoms with Gasteiger partial charge in [0.05, 0.1) is 31.2 Å². The van der Waals surface area contributed by atoms with Crippen LogP contribution in [0.3, 0.4) is 0 Å². The molecule has 2 aromatic carbocycles. The van der Waals surface area contributed by atoms with Crippen LogP contribution in [0.25, 0.3) is 0 Å². The lowest BCUT2D eigenvalue weighted by atomic mass is 9.81. The summed E-state index contributed by atoms with van der Waals surface area (Å²) in [5, 5.41) is 0. The summed E-state index contributed by atoms with van der Waals surface area (Å²) in [4.78, 5) is 27.0. The van der Waals surface area contributed by atoms with Gasteiger partial charge in [-0.1, -0.05) is 37.1 Å². The quantitative estimate of drug-likeness (QED) is 0.595. The summed E-state index contributed by atoms with van der Waals surface area (Å²) < 4.78 is 33.8. The van der Waals surface area contributed by atoms with Crippen LogP contribution in [0.1, 0.15) is 38.2 Å². The van der Waals surface area contributed by atoms with E-state index in [2.05, 4.69) is 0 Å². The van der Waals surface area contributed by atoms with Crippen molar-refractivity contribution in [3.8, 4) is 5.75 Å². The highest BCUT2D eigenvalue weighted by Gasteiger charge is 2.48. The molecule has 0 aromatic heterocycles. The maximum absolute atomic E-state index is 13.6. The fourth-order valence-electron chi connectivity index (χ4n) is 4.79. The average Bonchev–Trinajstić information content (AvgIpc) is 3.05. The van der Waals surface area contributed by atoms with Crippen LogP contribution < -0.4 is 9.04 Å². The SMILES string of the molecule is CCN(c1ccccc1)S(=O)(=O)c1cc(CN2C(=O)C3CCCCC3C2=O)ccc1OC. The number of likely N-dealkylation sites (tertiary alicyclic amines) is 1. The largest absolute Gasteiger partial charge is 0.495 e. The summed E-state index contributed by atoms with van der Waals surface area (Å²) in [7, 11) is -2.51. The van der Waals surface area contributed by atoms with Gasteiger partial charge in [-0.25, -0.2) is 8.42 Å². The van der Waals surface area contributed by atoms with E-state index < -0.39 is 10.0 Å². The van der Waals surface area contributed by atoms with Gasteiger partial charge in [0.15, 0.2) is 0 Å². The molecule has 32 heavy (non-hydrogen) atoms. The molecule has 1 saturated carbocycles. The fraction of sp³-hybridized carbons (Fsp3) is 0.417. The first kappa shape index (κ1) is 22.3. The van der Waals surface area contributed by atoms with Crippen LogP contribution in [-0.4, -0.2) is 38.8 Å². The molecule has 7 nitrogen and oxygen atoms in total. The van der Waals surface area contributed by atoms with E-state index in [-0.39, 0.29) is 47.4 Å². The van der Waals surface area contributed by atoms with Crippen LogP contribution in [0.2, 0.25) is 0 Å². The molecule has 0 spiro atoms. The molecule has 170 valence electrons. The summed E-state index contributed by atoms with van der Waals surface area (Å²) in [5.41, 5.74) is 1.13. The van der Waals surface area contributed by atoms with Crippen molar-refractivity contribution < 1.29 is 22.7 Å². The second-order valence-corrected chi connectivity index (χ2v) is 10.1. The fourth-order valence-corrected chi connectivity index (χ4v) is 6.48. The molecule has 8 heteroatoms. The smallest absolute Gasteiger partial charge is 0.268 e. The Bertz CT molecular complexity index is 1090. The predicted molar refractivity (Wildman–Crippen MR) is 121 cm³/mol. The number of ether oxygens (including phenoxy) is 1. The Labute approximate surface area is 189 Å². The molecule has 1 aliphatic heterocycles. The number of rotatable bonds is 7. The van der Waals surface area contributed by atoms with E-state index in [4.69, 9.17) is 4.74 Å². The topological polar surface area (TPSA) is 84.0 Å². The van der Waals surface area contributed by atoms with Crippen molar-refractivity contribution in [3.63, 3.8) is 0 Å². The number of hydrogen-bond acceptors (Lipinski definition) is 5. The summed E-state index contributed by atoms with van der Waals surface area (Å²) in [6, 6.07) is 13.7. The number of methoxy groups -OCH3 is 1. The predicted octanol–water partition coefficient (Wildman–Crippen LogP) is 3.59. The van der Waals surface area contributed by atoms with E-state index in [1.165, 1.54) is 22.4 Å². The number of sulfonamides is 1. The van der Waals surface area contributed by atoms with Crippen LogP contribution in [0.15, 0.2) is 53.4 Å². The van der Waals surface area contributed by atoms with E-state index in [0.29, 0.717) is 11.3 Å². The molecule has 2 atom stereocenters. The number of benzene rings is 2. The number of fused-ring (bicyclic) bond motifs is 1. The number of nitrogens with zero attached hydrogens (tertiary/aromatic N) is 2. The van der Waals surface area contributed by atoms with Gasteiger partial charge < -0.3 is 4.74 Å². The number of para-hydroxylation sites is 1. The number of anilines is 1. The Morgan fingerprint density at radius 2 is 1.62 bits per heavy atom. The van der Waals surface area contributed by atoms with E-state index in [9.17, 15) is 18.0 Å². The van der Waals surface area contributed by atoms with Gasteiger partial charge in [0, 0.05) is 6.54 Å². The average molecular weight is 457 g/mol. The summed E-state index contributed by atoms with van der Waals surface area (Å²) in [5.74, 6) is -0.521. The van der Waals surface area contributed by atoms with E-state index in [0.717, 1.165) is 25.7 Å². The van der Waals surface area contributed by atoms with Gasteiger partial charge in [-0.05, 0) is 49.6 Å². The van der Waals surface area contributed by atoms with Crippen molar-refractivity contribution in [1.29, 1.82) is 0 Å². The van der Waals surface area contributed by atoms with Gasteiger partial charge in [0.25, 0.3) is 10.0 Å². The number of imide groups is 1. The second kappa shape index (κ2) is 8.94. The Balaban J connectivity index is 1.67. The zero-order valence-electron chi connectivity index (χ0n) is 18.4. The first-order valence-electron chi connectivity index (χ1n) is 11.0. The van der Waals surface area contributed by atoms with Crippen LogP contribution in [0, 0.1) is 11.8 Å². The van der Waals surface area contributed by atoms with Gasteiger partial charge in [0.2, 0.25) is 11.8 Å². The van der Waals surface area contributed by atoms with Crippen LogP contribution >= 0.6 is 0 Å². The van der Waals surface area contributed by atoms with Gasteiger partial charge in [-0.2, -0.15) is 0 Å². The Morgan fingerprint density at radius 1 is 1.00 bits per heavy atom. The highest BCUT2D eigenvalue weighted by molar-refractivity contribution is 7.93. The van der Waals surface area contributed by atoms with E-state index in [1.54, 1.807) is 43.3 Å². The van der Waals surface area contributed by atoms with Crippen LogP contribution in [-0.2, 0) is 26.2 Å². The maximum Gasteiger partial charge on any atom is 0.268 e. The van der Waals surface area contributed by atoms with Crippen molar-refractivity contribution in [2.24, 2.45) is 11.8 Å². The standard InChI is InChI=1S/C24H28N2O5S/c1-3-26(18-9-5-4-6-10-18)32(29,30)22-15-17(13-14-21(22)31-2)16-25-23(27)19-11-7-8-12-20(19)24(25)28/h4-6,9-10,13-15,19-20H,3,7-8,11-12,16H2,1-2H3. The van der Waals surface area contributed by atoms with Crippen LogP contribution in [0.5, 0.6) is 5.75 Å². The lowest BCUT2D eigenvalue weighted by Gasteiger charge is -2.24. The Hall–Kier alpha value is -2.87. The zero-order chi connectivity index (χ0) is 22.9. The first-order valence-corrected chi connectivity index (χ1v) is 12.4. The third kappa shape index (κ3) is 3.88. The minimum Gasteiger partial charge on any atom is -0.495 e. The molecule has 0 N–H and O–H groups in total. The molecule has 2 aromatic rings. The number of amides is 2. The molecule has 2 unspecified atom stereocenters. The molecule has 0 bridgehead atoms. The number of carbonyl (C=O) groups is 2. The summed E-state index contributed by atoms with van der Waals surface area (Å²) in [6.45, 7) is 2.07. The number of carbonyl (C=O) groups excluding carboxylic acids is 2. The summed E-state index contributed by atoms with van der Waals surface area (Å²) in [6.07, 6.45) is 3.42. The molecule has 1 saturated heterocycles. The maximum atomic E-state index is 13.6. The van der Waals surface area contributed by atoms with E-state index >= 15 is 0 Å². The van der Waals surface area contributed by atoms with Crippen LogP contribution in [0.4, 0.5) is 5.69 Å². The van der Waals surface area contributed by atoms with Crippen molar-refractivity contribution in [2.45, 2.75) is 44.0 Å². The van der Waals surface area contributed by atoms with Gasteiger partial charge in [0.1, 0.15) is 10.6 Å². The van der Waals surface area contributed by atoms with Gasteiger partial charge >= 0.3 is 0 Å². The minimum absolute atomic E-state index is 0.0136. The summed E-state index contributed by atoms with van der Waals surface area (Å²) >= 11 is 0. The van der Waals surface area contributed by atoms with Crippen molar-refractivity contribution in [2.75, 3.05) is 18.0 Å². The second-order valence-electron chi connectivity index (χ2n) is 8.25. The monoisotopic (exact) mass is 456 g/mol. The molecule has 1 heterocycles. The van der Waals surface area contributed by atoms with Crippen molar-refractivity contribution in [1.82, 2.24) is 4.90 Å². The third-order valence-electron chi connectivity index (χ3n) is 6.40. The molecule has 2 amide bonds. The highest BCUT2D eigenvalue weighted by Crippen LogP contribution is 2.39. The molecule has 0 radical (unpaired) electrons. The molecular formula is C24H28N2O5S. The molecule has 1 aliphatic carbocycles. The molecule has 2 fully saturated rings. The first-order chi connectivity index (χ1) is 15.4. The minimum atomic E-state index is -3.93. The third-order valence-corrected chi connectivity index (χ3v) is 8.32. The zero-order valence-corrected chi connectivity index (χ0v) is 19.2. The van der Waals surface area contributed by atoms with Crippen molar-refractivity contribution >= 4 is 27.5 Å². The van der Waals surface area contributed by atoms with E-state index in [1.807, 2.05) is 6.07 Å².